The minimum absolute atomic E-state index is 0.0761. The van der Waals surface area contributed by atoms with Gasteiger partial charge in [0, 0.05) is 27.1 Å². The molecule has 22 heavy (non-hydrogen) atoms. The van der Waals surface area contributed by atoms with Crippen molar-refractivity contribution in [3.63, 3.8) is 0 Å². The zero-order valence-corrected chi connectivity index (χ0v) is 12.9. The van der Waals surface area contributed by atoms with Crippen LogP contribution in [0.5, 0.6) is 0 Å². The number of rotatable bonds is 3. The molecule has 1 aromatic rings. The molecule has 2 rings (SSSR count). The molecule has 124 valence electrons. The standard InChI is InChI=1S/C13H16F4N2O2S/c1-18(2)22(20,21)19-7-6-12(14,9-19)10-4-3-5-11(8-10)13(15,16)17/h3-5,8H,6-7,9H2,1-2H3/t12-/m0/s1. The summed E-state index contributed by atoms with van der Waals surface area (Å²) < 4.78 is 79.0. The Morgan fingerprint density at radius 2 is 1.91 bits per heavy atom. The fourth-order valence-corrected chi connectivity index (χ4v) is 3.53. The summed E-state index contributed by atoms with van der Waals surface area (Å²) in [4.78, 5) is 0. The summed E-state index contributed by atoms with van der Waals surface area (Å²) in [6.07, 6.45) is -4.75. The van der Waals surface area contributed by atoms with Crippen LogP contribution in [0.1, 0.15) is 17.5 Å². The van der Waals surface area contributed by atoms with Gasteiger partial charge in [-0.3, -0.25) is 0 Å². The maximum Gasteiger partial charge on any atom is 0.416 e. The molecule has 0 bridgehead atoms. The van der Waals surface area contributed by atoms with Crippen LogP contribution in [-0.2, 0) is 22.1 Å². The van der Waals surface area contributed by atoms with E-state index in [2.05, 4.69) is 0 Å². The fourth-order valence-electron chi connectivity index (χ4n) is 2.38. The molecule has 1 saturated heterocycles. The van der Waals surface area contributed by atoms with Gasteiger partial charge in [-0.1, -0.05) is 12.1 Å². The summed E-state index contributed by atoms with van der Waals surface area (Å²) in [6.45, 7) is -0.567. The number of nitrogens with zero attached hydrogens (tertiary/aromatic N) is 2. The monoisotopic (exact) mass is 340 g/mol. The van der Waals surface area contributed by atoms with Crippen LogP contribution in [0.2, 0.25) is 0 Å². The van der Waals surface area contributed by atoms with Gasteiger partial charge in [0.05, 0.1) is 12.1 Å². The number of hydrogen-bond acceptors (Lipinski definition) is 2. The lowest BCUT2D eigenvalue weighted by atomic mass is 9.93. The number of alkyl halides is 4. The highest BCUT2D eigenvalue weighted by molar-refractivity contribution is 7.86. The highest BCUT2D eigenvalue weighted by Crippen LogP contribution is 2.39. The summed E-state index contributed by atoms with van der Waals surface area (Å²) in [6, 6.07) is 3.98. The van der Waals surface area contributed by atoms with Crippen LogP contribution in [0.4, 0.5) is 17.6 Å². The van der Waals surface area contributed by atoms with Crippen LogP contribution >= 0.6 is 0 Å². The molecule has 1 heterocycles. The fraction of sp³-hybridized carbons (Fsp3) is 0.538. The third-order valence-electron chi connectivity index (χ3n) is 3.68. The first-order chi connectivity index (χ1) is 9.97. The van der Waals surface area contributed by atoms with Gasteiger partial charge in [0.15, 0.2) is 5.67 Å². The SMILES string of the molecule is CN(C)S(=O)(=O)N1CC[C@@](F)(c2cccc(C(F)(F)F)c2)C1. The Morgan fingerprint density at radius 3 is 2.45 bits per heavy atom. The summed E-state index contributed by atoms with van der Waals surface area (Å²) in [7, 11) is -1.16. The molecule has 0 unspecified atom stereocenters. The molecule has 9 heteroatoms. The van der Waals surface area contributed by atoms with Crippen molar-refractivity contribution in [3.05, 3.63) is 35.4 Å². The Kier molecular flexibility index (Phi) is 4.27. The Hall–Kier alpha value is -1.19. The van der Waals surface area contributed by atoms with E-state index in [1.165, 1.54) is 20.2 Å². The molecule has 0 saturated carbocycles. The van der Waals surface area contributed by atoms with Crippen LogP contribution in [0, 0.1) is 0 Å². The molecule has 1 aromatic carbocycles. The molecule has 0 aliphatic carbocycles. The number of halogens is 4. The maximum absolute atomic E-state index is 15.0. The highest BCUT2D eigenvalue weighted by atomic mass is 32.2. The van der Waals surface area contributed by atoms with E-state index in [0.29, 0.717) is 0 Å². The molecule has 1 aliphatic heterocycles. The van der Waals surface area contributed by atoms with Gasteiger partial charge in [-0.25, -0.2) is 4.39 Å². The first-order valence-electron chi connectivity index (χ1n) is 6.51. The van der Waals surface area contributed by atoms with E-state index in [9.17, 15) is 26.0 Å². The first kappa shape index (κ1) is 17.2. The van der Waals surface area contributed by atoms with Gasteiger partial charge in [0.25, 0.3) is 10.2 Å². The van der Waals surface area contributed by atoms with Crippen molar-refractivity contribution in [2.45, 2.75) is 18.3 Å². The number of benzene rings is 1. The zero-order chi connectivity index (χ0) is 16.8. The van der Waals surface area contributed by atoms with E-state index in [0.717, 1.165) is 26.8 Å². The van der Waals surface area contributed by atoms with Crippen molar-refractivity contribution in [1.29, 1.82) is 0 Å². The van der Waals surface area contributed by atoms with E-state index < -0.39 is 34.2 Å². The van der Waals surface area contributed by atoms with Gasteiger partial charge in [-0.05, 0) is 17.7 Å². The van der Waals surface area contributed by atoms with Gasteiger partial charge in [-0.15, -0.1) is 0 Å². The molecule has 1 atom stereocenters. The van der Waals surface area contributed by atoms with Crippen molar-refractivity contribution >= 4 is 10.2 Å². The van der Waals surface area contributed by atoms with E-state index in [-0.39, 0.29) is 18.5 Å². The van der Waals surface area contributed by atoms with Crippen molar-refractivity contribution in [3.8, 4) is 0 Å². The van der Waals surface area contributed by atoms with Crippen molar-refractivity contribution < 1.29 is 26.0 Å². The second-order valence-corrected chi connectivity index (χ2v) is 7.56. The molecule has 4 nitrogen and oxygen atoms in total. The zero-order valence-electron chi connectivity index (χ0n) is 12.1. The Balaban J connectivity index is 2.31. The molecular formula is C13H16F4N2O2S. The minimum atomic E-state index is -4.57. The summed E-state index contributed by atoms with van der Waals surface area (Å²) in [5.74, 6) is 0. The van der Waals surface area contributed by atoms with Crippen molar-refractivity contribution in [2.24, 2.45) is 0 Å². The van der Waals surface area contributed by atoms with Gasteiger partial charge in [0.2, 0.25) is 0 Å². The largest absolute Gasteiger partial charge is 0.416 e. The third-order valence-corrected chi connectivity index (χ3v) is 5.57. The first-order valence-corrected chi connectivity index (χ1v) is 7.91. The summed E-state index contributed by atoms with van der Waals surface area (Å²) in [5, 5.41) is 0. The molecule has 1 aliphatic rings. The molecular weight excluding hydrogens is 324 g/mol. The molecule has 1 fully saturated rings. The quantitative estimate of drug-likeness (QED) is 0.793. The lowest BCUT2D eigenvalue weighted by Crippen LogP contribution is -2.40. The molecule has 0 spiro atoms. The summed E-state index contributed by atoms with van der Waals surface area (Å²) >= 11 is 0. The third kappa shape index (κ3) is 3.11. The van der Waals surface area contributed by atoms with Gasteiger partial charge < -0.3 is 0 Å². The molecule has 0 amide bonds. The predicted molar refractivity (Wildman–Crippen MR) is 73.0 cm³/mol. The van der Waals surface area contributed by atoms with Crippen LogP contribution in [0.15, 0.2) is 24.3 Å². The average Bonchev–Trinajstić information content (AvgIpc) is 2.82. The lowest BCUT2D eigenvalue weighted by Gasteiger charge is -2.24. The second kappa shape index (κ2) is 5.47. The van der Waals surface area contributed by atoms with E-state index in [4.69, 9.17) is 0 Å². The number of hydrogen-bond donors (Lipinski definition) is 0. The summed E-state index contributed by atoms with van der Waals surface area (Å²) in [5.41, 5.74) is -3.22. The normalized spacial score (nSPS) is 24.1. The van der Waals surface area contributed by atoms with Crippen LogP contribution in [0.25, 0.3) is 0 Å². The molecule has 0 radical (unpaired) electrons. The Labute approximate surface area is 126 Å². The average molecular weight is 340 g/mol. The lowest BCUT2D eigenvalue weighted by molar-refractivity contribution is -0.137. The highest BCUT2D eigenvalue weighted by Gasteiger charge is 2.45. The van der Waals surface area contributed by atoms with E-state index in [1.807, 2.05) is 0 Å². The van der Waals surface area contributed by atoms with E-state index in [1.54, 1.807) is 0 Å². The molecule has 0 aromatic heterocycles. The van der Waals surface area contributed by atoms with Crippen LogP contribution in [0.3, 0.4) is 0 Å². The second-order valence-electron chi connectivity index (χ2n) is 5.42. The topological polar surface area (TPSA) is 40.6 Å². The van der Waals surface area contributed by atoms with Crippen molar-refractivity contribution in [2.75, 3.05) is 27.2 Å². The minimum Gasteiger partial charge on any atom is -0.237 e. The smallest absolute Gasteiger partial charge is 0.237 e. The maximum atomic E-state index is 15.0. The molecule has 0 N–H and O–H groups in total. The van der Waals surface area contributed by atoms with Gasteiger partial charge in [0.1, 0.15) is 0 Å². The van der Waals surface area contributed by atoms with Gasteiger partial charge >= 0.3 is 6.18 Å². The van der Waals surface area contributed by atoms with E-state index >= 15 is 0 Å². The Bertz CT molecular complexity index is 660. The van der Waals surface area contributed by atoms with Gasteiger partial charge in [-0.2, -0.15) is 30.2 Å². The Morgan fingerprint density at radius 1 is 1.27 bits per heavy atom. The van der Waals surface area contributed by atoms with Crippen LogP contribution in [-0.4, -0.2) is 44.2 Å². The predicted octanol–water partition coefficient (Wildman–Crippen LogP) is 2.38. The van der Waals surface area contributed by atoms with Crippen LogP contribution < -0.4 is 0 Å². The van der Waals surface area contributed by atoms with Crippen molar-refractivity contribution in [1.82, 2.24) is 8.61 Å².